The Bertz CT molecular complexity index is 5810. The number of rotatable bonds is 7. The zero-order chi connectivity index (χ0) is 60.5. The van der Waals surface area contributed by atoms with Crippen molar-refractivity contribution in [2.45, 2.75) is 24.2 Å². The lowest BCUT2D eigenvalue weighted by Gasteiger charge is -2.40. The summed E-state index contributed by atoms with van der Waals surface area (Å²) in [6, 6.07) is 102. The fraction of sp³-hybridized carbons (Fsp3) is 0.0465. The number of pyridine rings is 1. The van der Waals surface area contributed by atoms with Crippen LogP contribution in [0.5, 0.6) is 11.5 Å². The number of ether oxygens (including phenoxy) is 1. The van der Waals surface area contributed by atoms with Crippen molar-refractivity contribution in [1.29, 1.82) is 0 Å². The Morgan fingerprint density at radius 2 is 0.793 bits per heavy atom. The third-order valence-electron chi connectivity index (χ3n) is 20.7. The van der Waals surface area contributed by atoms with Gasteiger partial charge in [-0.05, 0) is 140 Å². The van der Waals surface area contributed by atoms with Gasteiger partial charge in [0.2, 0.25) is 0 Å². The average molecular weight is 1170 g/mol. The SMILES string of the molecule is C=C(/C=N\C1=C(C)C2(c3ccc(-n4c5ccccc5c5ccccc54)cc3Oc3cc(-n4c5ccccc5c5cc(-n6c7ccccc7c7ccccc76)ccc54)ccc32)c2cc(C3c4ccccc4-c4ccccc43)cnc21)C1c2ccccc2-c2ccccc21. The van der Waals surface area contributed by atoms with Gasteiger partial charge in [0.15, 0.2) is 0 Å². The molecule has 3 aliphatic carbocycles. The minimum Gasteiger partial charge on any atom is -0.457 e. The second-order valence-corrected chi connectivity index (χ2v) is 25.2. The zero-order valence-corrected chi connectivity index (χ0v) is 50.2. The van der Waals surface area contributed by atoms with E-state index in [1.54, 1.807) is 0 Å². The summed E-state index contributed by atoms with van der Waals surface area (Å²) in [5.74, 6) is 1.44. The number of benzene rings is 12. The number of hydrogen-bond acceptors (Lipinski definition) is 3. The molecule has 0 saturated heterocycles. The highest BCUT2D eigenvalue weighted by Crippen LogP contribution is 2.63. The molecular formula is C86H55N5O. The summed E-state index contributed by atoms with van der Waals surface area (Å²) in [4.78, 5) is 11.4. The minimum atomic E-state index is -0.921. The predicted octanol–water partition coefficient (Wildman–Crippen LogP) is 21.2. The molecule has 430 valence electrons. The van der Waals surface area contributed by atoms with E-state index in [1.807, 2.05) is 6.21 Å². The third kappa shape index (κ3) is 6.87. The van der Waals surface area contributed by atoms with Crippen LogP contribution in [0.15, 0.2) is 308 Å². The summed E-state index contributed by atoms with van der Waals surface area (Å²) in [5, 5.41) is 7.22. The summed E-state index contributed by atoms with van der Waals surface area (Å²) in [5.41, 5.74) is 27.0. The van der Waals surface area contributed by atoms with Gasteiger partial charge in [0.1, 0.15) is 11.5 Å². The number of para-hydroxylation sites is 5. The third-order valence-corrected chi connectivity index (χ3v) is 20.7. The first-order valence-electron chi connectivity index (χ1n) is 31.8. The molecule has 16 aromatic rings. The van der Waals surface area contributed by atoms with Crippen LogP contribution >= 0.6 is 0 Å². The molecule has 1 atom stereocenters. The van der Waals surface area contributed by atoms with Crippen LogP contribution in [0.4, 0.5) is 0 Å². The number of hydrogen-bond donors (Lipinski definition) is 0. The van der Waals surface area contributed by atoms with E-state index >= 15 is 0 Å². The van der Waals surface area contributed by atoms with Crippen molar-refractivity contribution in [2.24, 2.45) is 4.99 Å². The first-order chi connectivity index (χ1) is 45.5. The van der Waals surface area contributed by atoms with Crippen LogP contribution in [0, 0.1) is 0 Å². The van der Waals surface area contributed by atoms with Crippen molar-refractivity contribution in [3.63, 3.8) is 0 Å². The second-order valence-electron chi connectivity index (χ2n) is 25.2. The van der Waals surface area contributed by atoms with Crippen molar-refractivity contribution in [1.82, 2.24) is 18.7 Å². The maximum Gasteiger partial charge on any atom is 0.134 e. The van der Waals surface area contributed by atoms with E-state index < -0.39 is 5.41 Å². The molecule has 4 aromatic heterocycles. The van der Waals surface area contributed by atoms with E-state index in [-0.39, 0.29) is 11.8 Å². The van der Waals surface area contributed by atoms with Gasteiger partial charge in [-0.3, -0.25) is 9.98 Å². The van der Waals surface area contributed by atoms with Crippen LogP contribution < -0.4 is 4.74 Å². The maximum atomic E-state index is 7.67. The van der Waals surface area contributed by atoms with Crippen molar-refractivity contribution in [2.75, 3.05) is 0 Å². The molecule has 1 spiro atoms. The molecule has 0 saturated carbocycles. The molecule has 6 heteroatoms. The molecule has 0 fully saturated rings. The molecule has 12 aromatic carbocycles. The van der Waals surface area contributed by atoms with Gasteiger partial charge in [-0.2, -0.15) is 0 Å². The fourth-order valence-electron chi connectivity index (χ4n) is 16.9. The lowest BCUT2D eigenvalue weighted by Crippen LogP contribution is -2.33. The van der Waals surface area contributed by atoms with Crippen molar-refractivity contribution in [3.8, 4) is 50.8 Å². The van der Waals surface area contributed by atoms with Gasteiger partial charge in [-0.15, -0.1) is 0 Å². The highest BCUT2D eigenvalue weighted by Gasteiger charge is 2.53. The highest BCUT2D eigenvalue weighted by atomic mass is 16.5. The van der Waals surface area contributed by atoms with Gasteiger partial charge >= 0.3 is 0 Å². The highest BCUT2D eigenvalue weighted by molar-refractivity contribution is 6.13. The Hall–Kier alpha value is -11.9. The largest absolute Gasteiger partial charge is 0.457 e. The van der Waals surface area contributed by atoms with Crippen molar-refractivity contribution in [3.05, 3.63) is 353 Å². The second kappa shape index (κ2) is 19.1. The number of aromatic nitrogens is 4. The molecule has 6 nitrogen and oxygen atoms in total. The monoisotopic (exact) mass is 1170 g/mol. The van der Waals surface area contributed by atoms with Crippen LogP contribution in [0.3, 0.4) is 0 Å². The van der Waals surface area contributed by atoms with Gasteiger partial charge in [-0.1, -0.05) is 207 Å². The quantitative estimate of drug-likeness (QED) is 0.149. The molecule has 92 heavy (non-hydrogen) atoms. The molecule has 20 rings (SSSR count). The first-order valence-corrected chi connectivity index (χ1v) is 31.8. The predicted molar refractivity (Wildman–Crippen MR) is 377 cm³/mol. The number of fused-ring (bicyclic) bond motifs is 21. The topological polar surface area (TPSA) is 49.3 Å². The van der Waals surface area contributed by atoms with Gasteiger partial charge in [0.25, 0.3) is 0 Å². The van der Waals surface area contributed by atoms with Crippen LogP contribution in [0.2, 0.25) is 0 Å². The van der Waals surface area contributed by atoms with Gasteiger partial charge in [0.05, 0.1) is 49.9 Å². The van der Waals surface area contributed by atoms with E-state index in [2.05, 4.69) is 306 Å². The van der Waals surface area contributed by atoms with Crippen LogP contribution in [-0.2, 0) is 5.41 Å². The van der Waals surface area contributed by atoms with Gasteiger partial charge in [-0.25, -0.2) is 0 Å². The number of allylic oxidation sites excluding steroid dienone is 2. The molecule has 0 amide bonds. The summed E-state index contributed by atoms with van der Waals surface area (Å²) in [6.07, 6.45) is 4.14. The summed E-state index contributed by atoms with van der Waals surface area (Å²) in [6.45, 7) is 7.12. The van der Waals surface area contributed by atoms with Gasteiger partial charge in [0, 0.05) is 96.9 Å². The molecule has 0 radical (unpaired) electrons. The molecule has 4 aliphatic rings. The standard InChI is InChI=1S/C86H55N5O/c1-51(82-66-30-7-3-21-57(66)58-22-4-8-31-67(58)82)49-87-84-52(2)86(73-45-53(50-88-85(73)84)83-68-32-9-5-23-59(68)60-24-6-10-33-69(60)83)71-42-39-55(90-76-36-18-13-27-63(76)64-28-14-19-37-77(64)90)47-80(71)92-81-48-56(40-43-72(81)86)91-78-38-20-15-29-65(78)70-46-54(41-44-79(70)91)89-74-34-16-11-25-61(74)62-26-12-17-35-75(62)89/h3-50,82-83H,1H2,2H3/b87-49-. The summed E-state index contributed by atoms with van der Waals surface area (Å²) >= 11 is 0. The Kier molecular flexibility index (Phi) is 10.6. The van der Waals surface area contributed by atoms with Crippen LogP contribution in [0.1, 0.15) is 69.0 Å². The van der Waals surface area contributed by atoms with E-state index in [0.717, 1.165) is 95.4 Å². The Morgan fingerprint density at radius 3 is 1.27 bits per heavy atom. The van der Waals surface area contributed by atoms with E-state index in [0.29, 0.717) is 0 Å². The fourth-order valence-corrected chi connectivity index (χ4v) is 16.9. The average Bonchev–Trinajstić information content (AvgIpc) is 1.43. The molecule has 1 unspecified atom stereocenters. The molecular weight excluding hydrogens is 1120 g/mol. The van der Waals surface area contributed by atoms with Crippen molar-refractivity contribution < 1.29 is 4.74 Å². The molecule has 1 aliphatic heterocycles. The number of aliphatic imine (C=N–C) groups is 1. The van der Waals surface area contributed by atoms with Gasteiger partial charge < -0.3 is 18.4 Å². The normalized spacial score (nSPS) is 15.4. The first kappa shape index (κ1) is 51.1. The maximum absolute atomic E-state index is 7.67. The lowest BCUT2D eigenvalue weighted by molar-refractivity contribution is 0.433. The minimum absolute atomic E-state index is 0.0444. The summed E-state index contributed by atoms with van der Waals surface area (Å²) < 4.78 is 14.9. The Morgan fingerprint density at radius 1 is 0.413 bits per heavy atom. The number of nitrogens with zero attached hydrogens (tertiary/aromatic N) is 5. The Labute approximate surface area is 530 Å². The summed E-state index contributed by atoms with van der Waals surface area (Å²) in [7, 11) is 0. The zero-order valence-electron chi connectivity index (χ0n) is 50.2. The van der Waals surface area contributed by atoms with Crippen molar-refractivity contribution >= 4 is 77.3 Å². The Balaban J connectivity index is 0.830. The van der Waals surface area contributed by atoms with E-state index in [4.69, 9.17) is 21.3 Å². The van der Waals surface area contributed by atoms with Crippen LogP contribution in [-0.4, -0.2) is 24.9 Å². The van der Waals surface area contributed by atoms with Crippen LogP contribution in [0.25, 0.3) is 110 Å². The lowest BCUT2D eigenvalue weighted by atomic mass is 9.65. The smallest absolute Gasteiger partial charge is 0.134 e. The molecule has 0 N–H and O–H groups in total. The molecule has 5 heterocycles. The van der Waals surface area contributed by atoms with E-state index in [9.17, 15) is 0 Å². The molecule has 0 bridgehead atoms. The van der Waals surface area contributed by atoms with E-state index in [1.165, 1.54) is 87.9 Å².